The maximum Gasteiger partial charge on any atom is 0.341 e. The number of ether oxygens (including phenoxy) is 4. The molecule has 29 heavy (non-hydrogen) atoms. The molecule has 0 N–H and O–H groups in total. The molecule has 0 aliphatic heterocycles. The molecular weight excluding hydrogens is 507 g/mol. The van der Waals surface area contributed by atoms with Crippen molar-refractivity contribution in [1.82, 2.24) is 0 Å². The van der Waals surface area contributed by atoms with E-state index in [2.05, 4.69) is 69.5 Å². The van der Waals surface area contributed by atoms with Gasteiger partial charge in [0.25, 0.3) is 0 Å². The fourth-order valence-electron chi connectivity index (χ4n) is 1.31. The second kappa shape index (κ2) is 18.7. The van der Waals surface area contributed by atoms with Gasteiger partial charge in [-0.3, -0.25) is 0 Å². The molecule has 0 heterocycles. The van der Waals surface area contributed by atoms with Gasteiger partial charge in [-0.15, -0.1) is 0 Å². The molecule has 0 fully saturated rings. The van der Waals surface area contributed by atoms with Crippen molar-refractivity contribution in [2.45, 2.75) is 27.7 Å². The van der Waals surface area contributed by atoms with E-state index in [4.69, 9.17) is 0 Å². The van der Waals surface area contributed by atoms with Crippen LogP contribution in [0.5, 0.6) is 0 Å². The smallest absolute Gasteiger partial charge is 0.341 e. The number of esters is 4. The molecule has 0 rings (SSSR count). The van der Waals surface area contributed by atoms with Crippen molar-refractivity contribution in [3.05, 3.63) is 19.6 Å². The van der Waals surface area contributed by atoms with Crippen LogP contribution < -0.4 is 0 Å². The largest absolute Gasteiger partial charge is 0.806 e. The first kappa shape index (κ1) is 32.4. The monoisotopic (exact) mass is 526 g/mol. The van der Waals surface area contributed by atoms with Gasteiger partial charge in [0.2, 0.25) is 0 Å². The SMILES string of the molecule is CCOC(=O)C(C(=O)OCC)=C([S-])[S-].CCOC(=O)C(C(=O)OCC)=C([S-])[S-].[Ni]. The third-order valence-electron chi connectivity index (χ3n) is 2.33. The molecule has 8 nitrogen and oxygen atoms in total. The van der Waals surface area contributed by atoms with Gasteiger partial charge in [-0.1, -0.05) is 0 Å². The summed E-state index contributed by atoms with van der Waals surface area (Å²) in [7, 11) is 0. The topological polar surface area (TPSA) is 105 Å². The van der Waals surface area contributed by atoms with Gasteiger partial charge in [-0.25, -0.2) is 19.2 Å². The van der Waals surface area contributed by atoms with Gasteiger partial charge >= 0.3 is 23.9 Å². The summed E-state index contributed by atoms with van der Waals surface area (Å²) in [6.45, 7) is 7.08. The molecule has 0 spiro atoms. The van der Waals surface area contributed by atoms with Crippen LogP contribution in [0.25, 0.3) is 0 Å². The van der Waals surface area contributed by atoms with Crippen LogP contribution in [0.1, 0.15) is 27.7 Å². The van der Waals surface area contributed by atoms with Gasteiger partial charge in [0, 0.05) is 16.5 Å². The maximum atomic E-state index is 11.2. The molecule has 0 saturated carbocycles. The molecule has 0 aliphatic carbocycles. The average Bonchev–Trinajstić information content (AvgIpc) is 2.55. The van der Waals surface area contributed by atoms with Crippen molar-refractivity contribution in [3.8, 4) is 0 Å². The fraction of sp³-hybridized carbons (Fsp3) is 0.500. The zero-order chi connectivity index (χ0) is 22.3. The first-order chi connectivity index (χ1) is 13.1. The number of hydrogen-bond acceptors (Lipinski definition) is 12. The Morgan fingerprint density at radius 3 is 0.793 bits per heavy atom. The van der Waals surface area contributed by atoms with E-state index in [0.29, 0.717) is 0 Å². The van der Waals surface area contributed by atoms with Crippen LogP contribution in [0.3, 0.4) is 0 Å². The first-order valence-corrected chi connectivity index (χ1v) is 9.57. The van der Waals surface area contributed by atoms with Crippen LogP contribution in [0.2, 0.25) is 0 Å². The molecule has 0 aromatic carbocycles. The average molecular weight is 527 g/mol. The van der Waals surface area contributed by atoms with Crippen molar-refractivity contribution in [3.63, 3.8) is 0 Å². The zero-order valence-electron chi connectivity index (χ0n) is 16.0. The number of carbonyl (C=O) groups excluding carboxylic acids is 4. The Hall–Kier alpha value is -1.27. The predicted octanol–water partition coefficient (Wildman–Crippen LogP) is 0.833. The van der Waals surface area contributed by atoms with E-state index >= 15 is 0 Å². The van der Waals surface area contributed by atoms with E-state index in [1.54, 1.807) is 27.7 Å². The molecule has 0 aromatic heterocycles. The molecule has 0 aliphatic rings. The van der Waals surface area contributed by atoms with Gasteiger partial charge in [-0.05, 0) is 27.7 Å². The molecule has 13 heteroatoms. The minimum atomic E-state index is -0.828. The van der Waals surface area contributed by atoms with Crippen LogP contribution in [-0.4, -0.2) is 50.3 Å². The molecule has 0 aromatic rings. The van der Waals surface area contributed by atoms with Gasteiger partial charge < -0.3 is 77.9 Å². The Labute approximate surface area is 202 Å². The predicted molar refractivity (Wildman–Crippen MR) is 110 cm³/mol. The number of rotatable bonds is 8. The molecular formula is C16H20NiO8S4-4. The van der Waals surface area contributed by atoms with E-state index in [-0.39, 0.29) is 62.5 Å². The van der Waals surface area contributed by atoms with Crippen LogP contribution >= 0.6 is 0 Å². The number of hydrogen-bond donors (Lipinski definition) is 0. The minimum absolute atomic E-state index is 0. The summed E-state index contributed by atoms with van der Waals surface area (Å²) in [6, 6.07) is 0. The van der Waals surface area contributed by atoms with Gasteiger partial charge in [0.05, 0.1) is 37.6 Å². The summed E-state index contributed by atoms with van der Waals surface area (Å²) >= 11 is 18.3. The molecule has 0 unspecified atom stereocenters. The van der Waals surface area contributed by atoms with Gasteiger partial charge in [-0.2, -0.15) is 0 Å². The molecule has 0 amide bonds. The number of carbonyl (C=O) groups is 4. The van der Waals surface area contributed by atoms with Gasteiger partial charge in [0.15, 0.2) is 0 Å². The van der Waals surface area contributed by atoms with Crippen molar-refractivity contribution in [2.75, 3.05) is 26.4 Å². The Morgan fingerprint density at radius 1 is 0.517 bits per heavy atom. The molecule has 0 atom stereocenters. The normalized spacial score (nSPS) is 8.69. The Bertz CT molecular complexity index is 532. The van der Waals surface area contributed by atoms with E-state index in [1.165, 1.54) is 0 Å². The van der Waals surface area contributed by atoms with Crippen LogP contribution in [-0.2, 0) is 105 Å². The summed E-state index contributed by atoms with van der Waals surface area (Å²) in [5.41, 5.74) is -0.752. The Morgan fingerprint density at radius 2 is 0.690 bits per heavy atom. The van der Waals surface area contributed by atoms with Gasteiger partial charge in [0.1, 0.15) is 0 Å². The zero-order valence-corrected chi connectivity index (χ0v) is 20.3. The molecule has 0 saturated heterocycles. The summed E-state index contributed by atoms with van der Waals surface area (Å²) in [6.07, 6.45) is 0. The Balaban J connectivity index is -0.000000451. The van der Waals surface area contributed by atoms with Crippen LogP contribution in [0.15, 0.2) is 19.6 Å². The minimum Gasteiger partial charge on any atom is -0.806 e. The van der Waals surface area contributed by atoms with Crippen molar-refractivity contribution < 1.29 is 54.6 Å². The van der Waals surface area contributed by atoms with Crippen LogP contribution in [0.4, 0.5) is 0 Å². The van der Waals surface area contributed by atoms with Crippen LogP contribution in [0, 0.1) is 0 Å². The van der Waals surface area contributed by atoms with E-state index < -0.39 is 23.9 Å². The quantitative estimate of drug-likeness (QED) is 0.0850. The maximum absolute atomic E-state index is 11.2. The summed E-state index contributed by atoms with van der Waals surface area (Å²) in [4.78, 5) is 44.7. The summed E-state index contributed by atoms with van der Waals surface area (Å²) in [5.74, 6) is -3.31. The second-order valence-electron chi connectivity index (χ2n) is 4.21. The van der Waals surface area contributed by atoms with E-state index in [9.17, 15) is 19.2 Å². The van der Waals surface area contributed by atoms with E-state index in [0.717, 1.165) is 0 Å². The van der Waals surface area contributed by atoms with Crippen molar-refractivity contribution >= 4 is 74.4 Å². The third kappa shape index (κ3) is 13.6. The fourth-order valence-corrected chi connectivity index (χ4v) is 1.98. The van der Waals surface area contributed by atoms with Crippen molar-refractivity contribution in [1.29, 1.82) is 0 Å². The summed E-state index contributed by atoms with van der Waals surface area (Å²) < 4.78 is 17.9. The molecule has 0 bridgehead atoms. The molecule has 0 radical (unpaired) electrons. The van der Waals surface area contributed by atoms with Crippen molar-refractivity contribution in [2.24, 2.45) is 0 Å². The Kier molecular flexibility index (Phi) is 20.9. The first-order valence-electron chi connectivity index (χ1n) is 7.93. The third-order valence-corrected chi connectivity index (χ3v) is 3.14. The molecule has 170 valence electrons. The summed E-state index contributed by atoms with van der Waals surface area (Å²) in [5, 5.41) is 0. The van der Waals surface area contributed by atoms with E-state index in [1.807, 2.05) is 0 Å². The standard InChI is InChI=1S/2C8H12O4S2.Ni/c2*1-3-11-6(9)5(8(13)14)7(10)12-4-2;/h2*13-14H,3-4H2,1-2H3;/p-4. The second-order valence-corrected chi connectivity index (χ2v) is 6.36.